The fourth-order valence-electron chi connectivity index (χ4n) is 5.51. The summed E-state index contributed by atoms with van der Waals surface area (Å²) in [7, 11) is 0. The van der Waals surface area contributed by atoms with E-state index in [-0.39, 0.29) is 40.5 Å². The number of benzene rings is 3. The standard InChI is InChI=1S/C32H31ClN2O6/c1-32(2)16-23-29(26(37)17-32)31(21-12-11-20(15-22(21)33)41-18-19-7-4-3-5-8-19)35(27(38)13-14-28(39)40)24-9-6-10-25(36)30(24)34-23/h3-12,15,31,34,36H,13-14,16-18H2,1-2H3,(H,39,40)/t31-/m1/s1. The normalized spacial score (nSPS) is 17.7. The Balaban J connectivity index is 1.65. The first-order valence-corrected chi connectivity index (χ1v) is 13.8. The molecule has 0 saturated carbocycles. The van der Waals surface area contributed by atoms with Crippen molar-refractivity contribution in [2.45, 2.75) is 52.2 Å². The summed E-state index contributed by atoms with van der Waals surface area (Å²) in [5.41, 5.74) is 2.66. The zero-order valence-electron chi connectivity index (χ0n) is 22.8. The summed E-state index contributed by atoms with van der Waals surface area (Å²) < 4.78 is 5.95. The number of ether oxygens (including phenoxy) is 1. The molecule has 3 N–H and O–H groups in total. The number of nitrogens with one attached hydrogen (secondary N) is 1. The van der Waals surface area contributed by atoms with E-state index in [1.54, 1.807) is 30.3 Å². The van der Waals surface area contributed by atoms with Crippen LogP contribution in [0.3, 0.4) is 0 Å². The minimum absolute atomic E-state index is 0.0994. The predicted molar refractivity (Wildman–Crippen MR) is 156 cm³/mol. The number of nitrogens with zero attached hydrogens (tertiary/aromatic N) is 1. The Bertz CT molecular complexity index is 1550. The van der Waals surface area contributed by atoms with Crippen molar-refractivity contribution in [3.05, 3.63) is 94.1 Å². The largest absolute Gasteiger partial charge is 0.506 e. The lowest BCUT2D eigenvalue weighted by Crippen LogP contribution is -2.39. The molecule has 3 aromatic rings. The number of phenols is 1. The number of carbonyl (C=O) groups excluding carboxylic acids is 2. The number of aliphatic carboxylic acids is 1. The van der Waals surface area contributed by atoms with Crippen molar-refractivity contribution in [3.8, 4) is 11.5 Å². The smallest absolute Gasteiger partial charge is 0.303 e. The Morgan fingerprint density at radius 3 is 2.51 bits per heavy atom. The average molecular weight is 575 g/mol. The molecular weight excluding hydrogens is 544 g/mol. The molecule has 41 heavy (non-hydrogen) atoms. The second-order valence-electron chi connectivity index (χ2n) is 11.1. The summed E-state index contributed by atoms with van der Waals surface area (Å²) in [6.07, 6.45) is 0.0421. The second-order valence-corrected chi connectivity index (χ2v) is 11.6. The fraction of sp³-hybridized carbons (Fsp3) is 0.281. The number of para-hydroxylation sites is 1. The van der Waals surface area contributed by atoms with Crippen LogP contribution in [0.15, 0.2) is 78.0 Å². The molecule has 1 atom stereocenters. The molecule has 0 radical (unpaired) electrons. The summed E-state index contributed by atoms with van der Waals surface area (Å²) in [6, 6.07) is 18.6. The number of fused-ring (bicyclic) bond motifs is 1. The van der Waals surface area contributed by atoms with Gasteiger partial charge in [0.25, 0.3) is 0 Å². The number of ketones is 1. The van der Waals surface area contributed by atoms with Crippen LogP contribution in [0, 0.1) is 5.41 Å². The number of halogens is 1. The monoisotopic (exact) mass is 574 g/mol. The first-order chi connectivity index (χ1) is 19.5. The zero-order valence-corrected chi connectivity index (χ0v) is 23.6. The van der Waals surface area contributed by atoms with Gasteiger partial charge in [0.15, 0.2) is 5.78 Å². The number of carboxylic acids is 1. The molecule has 3 aromatic carbocycles. The van der Waals surface area contributed by atoms with Gasteiger partial charge in [-0.05, 0) is 47.2 Å². The van der Waals surface area contributed by atoms with Crippen molar-refractivity contribution in [2.24, 2.45) is 5.41 Å². The highest BCUT2D eigenvalue weighted by Gasteiger charge is 2.44. The van der Waals surface area contributed by atoms with Gasteiger partial charge in [-0.15, -0.1) is 0 Å². The minimum atomic E-state index is -1.12. The van der Waals surface area contributed by atoms with Crippen molar-refractivity contribution in [2.75, 3.05) is 10.2 Å². The molecule has 9 heteroatoms. The van der Waals surface area contributed by atoms with Crippen molar-refractivity contribution >= 4 is 40.6 Å². The molecule has 0 saturated heterocycles. The zero-order chi connectivity index (χ0) is 29.3. The predicted octanol–water partition coefficient (Wildman–Crippen LogP) is 6.63. The maximum Gasteiger partial charge on any atom is 0.303 e. The van der Waals surface area contributed by atoms with E-state index in [2.05, 4.69) is 5.32 Å². The second kappa shape index (κ2) is 11.3. The number of aromatic hydroxyl groups is 1. The van der Waals surface area contributed by atoms with Crippen LogP contribution >= 0.6 is 11.6 Å². The molecule has 0 unspecified atom stereocenters. The lowest BCUT2D eigenvalue weighted by Gasteiger charge is -2.37. The highest BCUT2D eigenvalue weighted by Crippen LogP contribution is 2.51. The van der Waals surface area contributed by atoms with Gasteiger partial charge < -0.3 is 20.3 Å². The SMILES string of the molecule is CC1(C)CC(=O)C2=C(C1)Nc1c(O)cccc1N(C(=O)CCC(=O)O)[C@@H]2c1ccc(OCc2ccccc2)cc1Cl. The van der Waals surface area contributed by atoms with E-state index < -0.39 is 24.3 Å². The highest BCUT2D eigenvalue weighted by molar-refractivity contribution is 6.31. The van der Waals surface area contributed by atoms with Crippen molar-refractivity contribution in [1.82, 2.24) is 0 Å². The number of amides is 1. The molecule has 1 aliphatic carbocycles. The van der Waals surface area contributed by atoms with Crippen LogP contribution in [0.1, 0.15) is 56.7 Å². The van der Waals surface area contributed by atoms with Gasteiger partial charge >= 0.3 is 5.97 Å². The van der Waals surface area contributed by atoms with E-state index in [9.17, 15) is 24.6 Å². The Labute approximate surface area is 243 Å². The fourth-order valence-corrected chi connectivity index (χ4v) is 5.78. The van der Waals surface area contributed by atoms with E-state index in [4.69, 9.17) is 16.3 Å². The number of rotatable bonds is 7. The van der Waals surface area contributed by atoms with Crippen LogP contribution in [0.4, 0.5) is 11.4 Å². The van der Waals surface area contributed by atoms with Gasteiger partial charge in [0.1, 0.15) is 23.8 Å². The van der Waals surface area contributed by atoms with Gasteiger partial charge in [-0.1, -0.05) is 67.9 Å². The van der Waals surface area contributed by atoms with Crippen LogP contribution in [0.25, 0.3) is 0 Å². The molecule has 0 spiro atoms. The van der Waals surface area contributed by atoms with Gasteiger partial charge in [0, 0.05) is 29.1 Å². The van der Waals surface area contributed by atoms with Gasteiger partial charge in [-0.2, -0.15) is 0 Å². The Kier molecular flexibility index (Phi) is 7.78. The topological polar surface area (TPSA) is 116 Å². The Morgan fingerprint density at radius 1 is 1.05 bits per heavy atom. The third kappa shape index (κ3) is 5.93. The van der Waals surface area contributed by atoms with Crippen LogP contribution in [0.5, 0.6) is 11.5 Å². The number of hydrogen-bond acceptors (Lipinski definition) is 6. The Morgan fingerprint density at radius 2 is 1.80 bits per heavy atom. The molecule has 0 aromatic heterocycles. The van der Waals surface area contributed by atoms with Gasteiger partial charge in [-0.3, -0.25) is 19.3 Å². The van der Waals surface area contributed by atoms with Crippen molar-refractivity contribution in [3.63, 3.8) is 0 Å². The average Bonchev–Trinajstić information content (AvgIpc) is 3.06. The van der Waals surface area contributed by atoms with Crippen molar-refractivity contribution < 1.29 is 29.3 Å². The van der Waals surface area contributed by atoms with Gasteiger partial charge in [0.05, 0.1) is 18.2 Å². The number of Topliss-reactive ketones (excluding diaryl/α,β-unsaturated/α-hetero) is 1. The molecule has 1 heterocycles. The molecule has 5 rings (SSSR count). The number of allylic oxidation sites excluding steroid dienone is 1. The third-order valence-corrected chi connectivity index (χ3v) is 7.67. The Hall–Kier alpha value is -4.30. The van der Waals surface area contributed by atoms with Gasteiger partial charge in [0.2, 0.25) is 5.91 Å². The summed E-state index contributed by atoms with van der Waals surface area (Å²) in [5, 5.41) is 23.7. The van der Waals surface area contributed by atoms with E-state index in [0.717, 1.165) is 5.56 Å². The highest BCUT2D eigenvalue weighted by atomic mass is 35.5. The van der Waals surface area contributed by atoms with Crippen LogP contribution < -0.4 is 15.0 Å². The van der Waals surface area contributed by atoms with Crippen LogP contribution in [-0.4, -0.2) is 27.9 Å². The first-order valence-electron chi connectivity index (χ1n) is 13.4. The molecule has 8 nitrogen and oxygen atoms in total. The molecule has 0 bridgehead atoms. The first kappa shape index (κ1) is 28.2. The minimum Gasteiger partial charge on any atom is -0.506 e. The molecule has 2 aliphatic rings. The molecular formula is C32H31ClN2O6. The maximum absolute atomic E-state index is 13.8. The number of carboxylic acid groups (broad SMARTS) is 1. The maximum atomic E-state index is 13.8. The molecule has 0 fully saturated rings. The number of hydrogen-bond donors (Lipinski definition) is 3. The summed E-state index contributed by atoms with van der Waals surface area (Å²) >= 11 is 6.87. The number of phenolic OH excluding ortho intramolecular Hbond substituents is 1. The van der Waals surface area contributed by atoms with E-state index in [1.807, 2.05) is 44.2 Å². The summed E-state index contributed by atoms with van der Waals surface area (Å²) in [5.74, 6) is -1.37. The lowest BCUT2D eigenvalue weighted by molar-refractivity contribution is -0.138. The van der Waals surface area contributed by atoms with E-state index in [0.29, 0.717) is 41.3 Å². The van der Waals surface area contributed by atoms with Gasteiger partial charge in [-0.25, -0.2) is 0 Å². The third-order valence-electron chi connectivity index (χ3n) is 7.34. The quantitative estimate of drug-likeness (QED) is 0.271. The van der Waals surface area contributed by atoms with Crippen LogP contribution in [-0.2, 0) is 21.0 Å². The van der Waals surface area contributed by atoms with Crippen LogP contribution in [0.2, 0.25) is 5.02 Å². The number of anilines is 2. The molecule has 1 aliphatic heterocycles. The van der Waals surface area contributed by atoms with E-state index >= 15 is 0 Å². The van der Waals surface area contributed by atoms with E-state index in [1.165, 1.54) is 11.0 Å². The summed E-state index contributed by atoms with van der Waals surface area (Å²) in [6.45, 7) is 4.31. The van der Waals surface area contributed by atoms with Crippen molar-refractivity contribution in [1.29, 1.82) is 0 Å². The molecule has 212 valence electrons. The lowest BCUT2D eigenvalue weighted by atomic mass is 9.73. The summed E-state index contributed by atoms with van der Waals surface area (Å²) in [4.78, 5) is 40.4. The number of carbonyl (C=O) groups is 3. The molecule has 1 amide bonds.